The Labute approximate surface area is 97.7 Å². The Balaban J connectivity index is 2.30. The summed E-state index contributed by atoms with van der Waals surface area (Å²) in [5.74, 6) is 2.40. The molecule has 1 atom stereocenters. The Kier molecular flexibility index (Phi) is 5.81. The average Bonchev–Trinajstić information content (AvgIpc) is 2.23. The third kappa shape index (κ3) is 5.24. The molecular formula is C13H21NS. The molecule has 0 saturated carbocycles. The van der Waals surface area contributed by atoms with Crippen LogP contribution in [0.25, 0.3) is 0 Å². The minimum atomic E-state index is 0.593. The van der Waals surface area contributed by atoms with Crippen molar-refractivity contribution in [1.82, 2.24) is 5.32 Å². The number of hydrogen-bond donors (Lipinski definition) is 1. The van der Waals surface area contributed by atoms with Crippen LogP contribution in [0.4, 0.5) is 0 Å². The topological polar surface area (TPSA) is 12.0 Å². The molecule has 1 N–H and O–H groups in total. The summed E-state index contributed by atoms with van der Waals surface area (Å²) in [4.78, 5) is 0. The highest BCUT2D eigenvalue weighted by Crippen LogP contribution is 2.05. The van der Waals surface area contributed by atoms with Crippen molar-refractivity contribution in [2.45, 2.75) is 33.4 Å². The summed E-state index contributed by atoms with van der Waals surface area (Å²) in [7, 11) is 0. The van der Waals surface area contributed by atoms with E-state index >= 15 is 0 Å². The molecule has 1 aromatic rings. The van der Waals surface area contributed by atoms with Crippen molar-refractivity contribution < 1.29 is 0 Å². The Hall–Kier alpha value is -0.470. The van der Waals surface area contributed by atoms with E-state index in [1.165, 1.54) is 22.6 Å². The van der Waals surface area contributed by atoms with Crippen molar-refractivity contribution >= 4 is 11.8 Å². The number of nitrogens with one attached hydrogen (secondary N) is 1. The van der Waals surface area contributed by atoms with Gasteiger partial charge in [0.15, 0.2) is 0 Å². The standard InChI is InChI=1S/C13H21NS/c1-4-15-10-12(3)14-9-13-7-5-6-11(2)8-13/h5-8,12,14H,4,9-10H2,1-3H3. The third-order valence-electron chi connectivity index (χ3n) is 2.31. The van der Waals surface area contributed by atoms with Crippen LogP contribution in [0.2, 0.25) is 0 Å². The van der Waals surface area contributed by atoms with Crippen LogP contribution in [-0.2, 0) is 6.54 Å². The molecule has 0 aromatic heterocycles. The van der Waals surface area contributed by atoms with Gasteiger partial charge in [0.2, 0.25) is 0 Å². The molecule has 1 rings (SSSR count). The van der Waals surface area contributed by atoms with Crippen LogP contribution in [0, 0.1) is 6.92 Å². The zero-order valence-corrected chi connectivity index (χ0v) is 10.7. The molecule has 0 heterocycles. The monoisotopic (exact) mass is 223 g/mol. The van der Waals surface area contributed by atoms with E-state index in [1.807, 2.05) is 11.8 Å². The van der Waals surface area contributed by atoms with Crippen molar-refractivity contribution in [3.05, 3.63) is 35.4 Å². The minimum Gasteiger partial charge on any atom is -0.309 e. The molecule has 2 heteroatoms. The molecule has 0 fully saturated rings. The molecule has 0 saturated heterocycles. The van der Waals surface area contributed by atoms with Gasteiger partial charge in [-0.3, -0.25) is 0 Å². The van der Waals surface area contributed by atoms with Crippen LogP contribution >= 0.6 is 11.8 Å². The summed E-state index contributed by atoms with van der Waals surface area (Å²) < 4.78 is 0. The first kappa shape index (κ1) is 12.6. The fourth-order valence-electron chi connectivity index (χ4n) is 1.47. The summed E-state index contributed by atoms with van der Waals surface area (Å²) in [6, 6.07) is 9.28. The summed E-state index contributed by atoms with van der Waals surface area (Å²) in [5, 5.41) is 3.54. The predicted molar refractivity (Wildman–Crippen MR) is 70.5 cm³/mol. The van der Waals surface area contributed by atoms with Gasteiger partial charge in [0.1, 0.15) is 0 Å². The maximum atomic E-state index is 3.54. The number of hydrogen-bond acceptors (Lipinski definition) is 2. The molecule has 0 spiro atoms. The summed E-state index contributed by atoms with van der Waals surface area (Å²) in [6.07, 6.45) is 0. The van der Waals surface area contributed by atoms with E-state index in [2.05, 4.69) is 50.4 Å². The zero-order chi connectivity index (χ0) is 11.1. The molecule has 0 aliphatic heterocycles. The van der Waals surface area contributed by atoms with Crippen LogP contribution in [0.3, 0.4) is 0 Å². The Morgan fingerprint density at radius 1 is 1.40 bits per heavy atom. The van der Waals surface area contributed by atoms with Gasteiger partial charge in [-0.25, -0.2) is 0 Å². The molecule has 0 radical (unpaired) electrons. The van der Waals surface area contributed by atoms with Crippen LogP contribution < -0.4 is 5.32 Å². The van der Waals surface area contributed by atoms with Crippen molar-refractivity contribution in [2.75, 3.05) is 11.5 Å². The fraction of sp³-hybridized carbons (Fsp3) is 0.538. The third-order valence-corrected chi connectivity index (χ3v) is 3.45. The predicted octanol–water partition coefficient (Wildman–Crippen LogP) is 3.23. The molecule has 0 amide bonds. The number of benzene rings is 1. The lowest BCUT2D eigenvalue weighted by molar-refractivity contribution is 0.596. The van der Waals surface area contributed by atoms with Gasteiger partial charge < -0.3 is 5.32 Å². The van der Waals surface area contributed by atoms with Crippen molar-refractivity contribution in [2.24, 2.45) is 0 Å². The maximum Gasteiger partial charge on any atom is 0.0208 e. The quantitative estimate of drug-likeness (QED) is 0.794. The number of rotatable bonds is 6. The molecule has 15 heavy (non-hydrogen) atoms. The summed E-state index contributed by atoms with van der Waals surface area (Å²) >= 11 is 1.99. The van der Waals surface area contributed by atoms with Crippen LogP contribution in [0.5, 0.6) is 0 Å². The Morgan fingerprint density at radius 2 is 2.20 bits per heavy atom. The second-order valence-electron chi connectivity index (χ2n) is 3.93. The van der Waals surface area contributed by atoms with Crippen LogP contribution in [-0.4, -0.2) is 17.5 Å². The van der Waals surface area contributed by atoms with E-state index in [-0.39, 0.29) is 0 Å². The van der Waals surface area contributed by atoms with Gasteiger partial charge in [0.25, 0.3) is 0 Å². The Morgan fingerprint density at radius 3 is 2.87 bits per heavy atom. The van der Waals surface area contributed by atoms with Gasteiger partial charge in [0, 0.05) is 18.3 Å². The smallest absolute Gasteiger partial charge is 0.0208 e. The second-order valence-corrected chi connectivity index (χ2v) is 5.25. The first-order valence-electron chi connectivity index (χ1n) is 5.59. The van der Waals surface area contributed by atoms with Crippen LogP contribution in [0.15, 0.2) is 24.3 Å². The second kappa shape index (κ2) is 6.91. The van der Waals surface area contributed by atoms with Crippen molar-refractivity contribution in [3.63, 3.8) is 0 Å². The van der Waals surface area contributed by atoms with Crippen LogP contribution in [0.1, 0.15) is 25.0 Å². The molecule has 84 valence electrons. The SMILES string of the molecule is CCSCC(C)NCc1cccc(C)c1. The molecule has 0 bridgehead atoms. The van der Waals surface area contributed by atoms with E-state index in [9.17, 15) is 0 Å². The van der Waals surface area contributed by atoms with Gasteiger partial charge in [-0.15, -0.1) is 0 Å². The molecular weight excluding hydrogens is 202 g/mol. The first-order valence-corrected chi connectivity index (χ1v) is 6.74. The number of aryl methyl sites for hydroxylation is 1. The summed E-state index contributed by atoms with van der Waals surface area (Å²) in [6.45, 7) is 7.57. The van der Waals surface area contributed by atoms with Gasteiger partial charge in [-0.2, -0.15) is 11.8 Å². The summed E-state index contributed by atoms with van der Waals surface area (Å²) in [5.41, 5.74) is 2.72. The van der Waals surface area contributed by atoms with Gasteiger partial charge in [-0.05, 0) is 25.2 Å². The maximum absolute atomic E-state index is 3.54. The van der Waals surface area contributed by atoms with E-state index < -0.39 is 0 Å². The van der Waals surface area contributed by atoms with E-state index in [0.29, 0.717) is 6.04 Å². The normalized spacial score (nSPS) is 12.7. The highest BCUT2D eigenvalue weighted by atomic mass is 32.2. The molecule has 1 aromatic carbocycles. The Bertz CT molecular complexity index is 286. The minimum absolute atomic E-state index is 0.593. The van der Waals surface area contributed by atoms with Crippen molar-refractivity contribution in [3.8, 4) is 0 Å². The average molecular weight is 223 g/mol. The molecule has 1 nitrogen and oxygen atoms in total. The number of thioether (sulfide) groups is 1. The molecule has 0 aliphatic carbocycles. The van der Waals surface area contributed by atoms with Gasteiger partial charge in [-0.1, -0.05) is 36.8 Å². The highest BCUT2D eigenvalue weighted by molar-refractivity contribution is 7.99. The largest absolute Gasteiger partial charge is 0.309 e. The lowest BCUT2D eigenvalue weighted by atomic mass is 10.1. The first-order chi connectivity index (χ1) is 7.22. The molecule has 0 aliphatic rings. The van der Waals surface area contributed by atoms with E-state index in [0.717, 1.165) is 6.54 Å². The molecule has 1 unspecified atom stereocenters. The zero-order valence-electron chi connectivity index (χ0n) is 9.92. The lowest BCUT2D eigenvalue weighted by Gasteiger charge is -2.13. The van der Waals surface area contributed by atoms with Gasteiger partial charge >= 0.3 is 0 Å². The van der Waals surface area contributed by atoms with Crippen molar-refractivity contribution in [1.29, 1.82) is 0 Å². The fourth-order valence-corrected chi connectivity index (χ4v) is 2.17. The highest BCUT2D eigenvalue weighted by Gasteiger charge is 2.00. The van der Waals surface area contributed by atoms with Gasteiger partial charge in [0.05, 0.1) is 0 Å². The van der Waals surface area contributed by atoms with E-state index in [4.69, 9.17) is 0 Å². The van der Waals surface area contributed by atoms with E-state index in [1.54, 1.807) is 0 Å². The lowest BCUT2D eigenvalue weighted by Crippen LogP contribution is -2.27.